The number of carbonyl (C=O) groups excluding carboxylic acids is 3. The summed E-state index contributed by atoms with van der Waals surface area (Å²) in [7, 11) is 0. The number of carboxylic acid groups (broad SMARTS) is 1. The summed E-state index contributed by atoms with van der Waals surface area (Å²) >= 11 is 3.93. The number of aliphatic carboxylic acids is 1. The van der Waals surface area contributed by atoms with Crippen molar-refractivity contribution in [2.75, 3.05) is 12.4 Å². The lowest BCUT2D eigenvalue weighted by molar-refractivity contribution is -0.142. The van der Waals surface area contributed by atoms with Gasteiger partial charge in [-0.15, -0.1) is 0 Å². The molecule has 37 heavy (non-hydrogen) atoms. The van der Waals surface area contributed by atoms with Crippen molar-refractivity contribution in [2.24, 2.45) is 5.73 Å². The lowest BCUT2D eigenvalue weighted by Gasteiger charge is -2.24. The number of aromatic amines is 2. The van der Waals surface area contributed by atoms with E-state index in [4.69, 9.17) is 5.73 Å². The van der Waals surface area contributed by atoms with Gasteiger partial charge in [0.2, 0.25) is 17.7 Å². The number of thiol groups is 1. The highest BCUT2D eigenvalue weighted by Crippen LogP contribution is 2.19. The number of carboxylic acids is 1. The number of H-pyrrole nitrogens is 2. The molecule has 0 fully saturated rings. The number of aliphatic hydroxyl groups is 1. The lowest BCUT2D eigenvalue weighted by Crippen LogP contribution is -2.58. The Hall–Kier alpha value is -3.88. The van der Waals surface area contributed by atoms with Crippen molar-refractivity contribution in [3.63, 3.8) is 0 Å². The first kappa shape index (κ1) is 27.7. The lowest BCUT2D eigenvalue weighted by atomic mass is 10.0. The molecule has 3 rings (SSSR count). The van der Waals surface area contributed by atoms with Gasteiger partial charge in [-0.05, 0) is 11.6 Å². The number of fused-ring (bicyclic) bond motifs is 1. The predicted molar refractivity (Wildman–Crippen MR) is 137 cm³/mol. The quantitative estimate of drug-likeness (QED) is 0.118. The second kappa shape index (κ2) is 12.9. The molecule has 2 heterocycles. The van der Waals surface area contributed by atoms with E-state index in [0.717, 1.165) is 10.9 Å². The van der Waals surface area contributed by atoms with Gasteiger partial charge in [0.15, 0.2) is 0 Å². The van der Waals surface area contributed by atoms with E-state index in [2.05, 4.69) is 43.5 Å². The zero-order chi connectivity index (χ0) is 26.9. The van der Waals surface area contributed by atoms with E-state index in [0.29, 0.717) is 11.3 Å². The summed E-state index contributed by atoms with van der Waals surface area (Å²) in [5.74, 6) is -3.57. The molecule has 198 valence electrons. The second-order valence-electron chi connectivity index (χ2n) is 8.34. The Morgan fingerprint density at radius 2 is 1.65 bits per heavy atom. The van der Waals surface area contributed by atoms with Crippen molar-refractivity contribution in [1.82, 2.24) is 30.9 Å². The molecule has 13 nitrogen and oxygen atoms in total. The molecule has 0 spiro atoms. The van der Waals surface area contributed by atoms with Crippen molar-refractivity contribution >= 4 is 47.2 Å². The zero-order valence-corrected chi connectivity index (χ0v) is 20.6. The Morgan fingerprint density at radius 1 is 0.973 bits per heavy atom. The van der Waals surface area contributed by atoms with E-state index in [1.807, 2.05) is 24.3 Å². The summed E-state index contributed by atoms with van der Waals surface area (Å²) in [4.78, 5) is 59.8. The molecule has 0 saturated heterocycles. The van der Waals surface area contributed by atoms with Crippen LogP contribution >= 0.6 is 12.6 Å². The smallest absolute Gasteiger partial charge is 0.326 e. The topological polar surface area (TPSA) is 215 Å². The van der Waals surface area contributed by atoms with Crippen LogP contribution in [-0.4, -0.2) is 85.4 Å². The number of amides is 3. The minimum absolute atomic E-state index is 0.00719. The van der Waals surface area contributed by atoms with Crippen LogP contribution in [0.4, 0.5) is 0 Å². The van der Waals surface area contributed by atoms with Gasteiger partial charge in [0.25, 0.3) is 0 Å². The Kier molecular flexibility index (Phi) is 9.65. The van der Waals surface area contributed by atoms with E-state index in [1.165, 1.54) is 12.5 Å². The van der Waals surface area contributed by atoms with Gasteiger partial charge in [0.05, 0.1) is 19.0 Å². The van der Waals surface area contributed by atoms with Crippen molar-refractivity contribution < 1.29 is 29.4 Å². The maximum Gasteiger partial charge on any atom is 0.326 e. The fraction of sp³-hybridized carbons (Fsp3) is 0.348. The average molecular weight is 532 g/mol. The molecule has 0 bridgehead atoms. The van der Waals surface area contributed by atoms with Crippen LogP contribution in [0.25, 0.3) is 10.9 Å². The maximum atomic E-state index is 13.2. The van der Waals surface area contributed by atoms with Crippen LogP contribution in [0.2, 0.25) is 0 Å². The number of hydrogen-bond acceptors (Lipinski definition) is 8. The maximum absolute atomic E-state index is 13.2. The molecule has 2 aromatic heterocycles. The number of nitrogens with one attached hydrogen (secondary N) is 5. The third-order valence-electron chi connectivity index (χ3n) is 5.67. The fourth-order valence-corrected chi connectivity index (χ4v) is 3.81. The SMILES string of the molecule is NC(CS)C(=O)NC(CO)C(=O)NC(Cc1cnc[nH]1)C(=O)NC(Cc1c[nH]c2ccccc12)C(=O)O. The molecule has 0 radical (unpaired) electrons. The van der Waals surface area contributed by atoms with Crippen molar-refractivity contribution in [2.45, 2.75) is 37.0 Å². The molecule has 4 unspecified atom stereocenters. The summed E-state index contributed by atoms with van der Waals surface area (Å²) in [5, 5.41) is 27.5. The minimum Gasteiger partial charge on any atom is -0.480 e. The highest BCUT2D eigenvalue weighted by molar-refractivity contribution is 7.80. The monoisotopic (exact) mass is 531 g/mol. The molecular formula is C23H29N7O6S. The van der Waals surface area contributed by atoms with E-state index in [-0.39, 0.29) is 18.6 Å². The number of rotatable bonds is 13. The molecule has 1 aromatic carbocycles. The van der Waals surface area contributed by atoms with Crippen LogP contribution in [0, 0.1) is 0 Å². The highest BCUT2D eigenvalue weighted by atomic mass is 32.1. The molecule has 0 aliphatic carbocycles. The van der Waals surface area contributed by atoms with Gasteiger partial charge in [-0.3, -0.25) is 14.4 Å². The molecule has 14 heteroatoms. The van der Waals surface area contributed by atoms with E-state index >= 15 is 0 Å². The van der Waals surface area contributed by atoms with E-state index in [9.17, 15) is 29.4 Å². The largest absolute Gasteiger partial charge is 0.480 e. The van der Waals surface area contributed by atoms with Crippen LogP contribution < -0.4 is 21.7 Å². The van der Waals surface area contributed by atoms with Gasteiger partial charge < -0.3 is 41.9 Å². The Morgan fingerprint density at radius 3 is 2.30 bits per heavy atom. The van der Waals surface area contributed by atoms with Crippen LogP contribution in [0.5, 0.6) is 0 Å². The second-order valence-corrected chi connectivity index (χ2v) is 8.70. The van der Waals surface area contributed by atoms with Gasteiger partial charge in [0.1, 0.15) is 18.1 Å². The number of aliphatic hydroxyl groups excluding tert-OH is 1. The summed E-state index contributed by atoms with van der Waals surface area (Å²) in [6, 6.07) is 2.41. The molecule has 3 aromatic rings. The number of aromatic nitrogens is 3. The molecule has 0 saturated carbocycles. The first-order valence-corrected chi connectivity index (χ1v) is 12.0. The third-order valence-corrected chi connectivity index (χ3v) is 6.07. The number of nitrogens with zero attached hydrogens (tertiary/aromatic N) is 1. The molecule has 9 N–H and O–H groups in total. The van der Waals surface area contributed by atoms with Crippen LogP contribution in [-0.2, 0) is 32.0 Å². The van der Waals surface area contributed by atoms with Crippen molar-refractivity contribution in [1.29, 1.82) is 0 Å². The van der Waals surface area contributed by atoms with Gasteiger partial charge >= 0.3 is 5.97 Å². The zero-order valence-electron chi connectivity index (χ0n) is 19.7. The van der Waals surface area contributed by atoms with Gasteiger partial charge in [-0.1, -0.05) is 18.2 Å². The van der Waals surface area contributed by atoms with E-state index in [1.54, 1.807) is 6.20 Å². The molecule has 4 atom stereocenters. The van der Waals surface area contributed by atoms with Crippen molar-refractivity contribution in [3.8, 4) is 0 Å². The van der Waals surface area contributed by atoms with Gasteiger partial charge in [0, 0.05) is 47.6 Å². The predicted octanol–water partition coefficient (Wildman–Crippen LogP) is -1.54. The molecule has 0 aliphatic rings. The summed E-state index contributed by atoms with van der Waals surface area (Å²) in [6.45, 7) is -0.756. The van der Waals surface area contributed by atoms with Crippen molar-refractivity contribution in [3.05, 3.63) is 54.2 Å². The Bertz CT molecular complexity index is 1230. The Balaban J connectivity index is 1.75. The molecule has 0 aliphatic heterocycles. The molecule has 3 amide bonds. The van der Waals surface area contributed by atoms with Crippen LogP contribution in [0.3, 0.4) is 0 Å². The third kappa shape index (κ3) is 7.31. The molecular weight excluding hydrogens is 502 g/mol. The average Bonchev–Trinajstić information content (AvgIpc) is 3.55. The number of hydrogen-bond donors (Lipinski definition) is 9. The highest BCUT2D eigenvalue weighted by Gasteiger charge is 2.31. The number of benzene rings is 1. The summed E-state index contributed by atoms with van der Waals surface area (Å²) in [5.41, 5.74) is 7.61. The minimum atomic E-state index is -1.39. The summed E-state index contributed by atoms with van der Waals surface area (Å²) < 4.78 is 0. The number of para-hydroxylation sites is 1. The van der Waals surface area contributed by atoms with Crippen LogP contribution in [0.15, 0.2) is 43.0 Å². The summed E-state index contributed by atoms with van der Waals surface area (Å²) in [6.07, 6.45) is 4.45. The Labute approximate surface area is 217 Å². The van der Waals surface area contributed by atoms with Crippen LogP contribution in [0.1, 0.15) is 11.3 Å². The fourth-order valence-electron chi connectivity index (χ4n) is 3.65. The first-order chi connectivity index (χ1) is 17.7. The standard InChI is InChI=1S/C23H29N7O6S/c24-15(10-37)20(32)30-19(9-31)22(34)28-17(6-13-8-25-11-27-13)21(33)29-18(23(35)36)5-12-7-26-16-4-2-1-3-14(12)16/h1-4,7-8,11,15,17-19,26,31,37H,5-6,9-10,24H2,(H,25,27)(H,28,34)(H,29,33)(H,30,32)(H,35,36). The normalized spacial score (nSPS) is 14.4. The van der Waals surface area contributed by atoms with Gasteiger partial charge in [-0.2, -0.15) is 12.6 Å². The van der Waals surface area contributed by atoms with E-state index < -0.39 is 54.5 Å². The van der Waals surface area contributed by atoms with Gasteiger partial charge in [-0.25, -0.2) is 9.78 Å². The number of nitrogens with two attached hydrogens (primary N) is 1. The first-order valence-electron chi connectivity index (χ1n) is 11.4. The number of imidazole rings is 1. The number of carbonyl (C=O) groups is 4.